The Bertz CT molecular complexity index is 1400. The number of alkyl halides is 3. The van der Waals surface area contributed by atoms with E-state index in [4.69, 9.17) is 0 Å². The molecule has 1 atom stereocenters. The molecule has 1 aromatic heterocycles. The number of amides is 2. The molecular formula is C26H21F3N4O2. The summed E-state index contributed by atoms with van der Waals surface area (Å²) in [5, 5.41) is 2.34. The molecule has 0 fully saturated rings. The summed E-state index contributed by atoms with van der Waals surface area (Å²) in [6.07, 6.45) is -4.34. The third-order valence-corrected chi connectivity index (χ3v) is 6.03. The zero-order chi connectivity index (χ0) is 24.6. The van der Waals surface area contributed by atoms with Gasteiger partial charge in [-0.2, -0.15) is 13.2 Å². The van der Waals surface area contributed by atoms with Crippen molar-refractivity contribution >= 4 is 34.5 Å². The molecule has 2 heterocycles. The Kier molecular flexibility index (Phi) is 5.76. The quantitative estimate of drug-likeness (QED) is 0.414. The molecule has 178 valence electrons. The molecule has 0 radical (unpaired) electrons. The Morgan fingerprint density at radius 2 is 1.63 bits per heavy atom. The molecular weight excluding hydrogens is 457 g/mol. The van der Waals surface area contributed by atoms with E-state index in [-0.39, 0.29) is 18.0 Å². The van der Waals surface area contributed by atoms with Gasteiger partial charge in [-0.25, -0.2) is 4.98 Å². The first kappa shape index (κ1) is 22.6. The van der Waals surface area contributed by atoms with Crippen molar-refractivity contribution in [2.75, 3.05) is 16.8 Å². The van der Waals surface area contributed by atoms with Gasteiger partial charge in [-0.05, 0) is 36.2 Å². The molecule has 0 spiro atoms. The number of aromatic nitrogens is 2. The number of fused-ring (bicyclic) bond motifs is 3. The van der Waals surface area contributed by atoms with E-state index in [0.29, 0.717) is 29.9 Å². The van der Waals surface area contributed by atoms with E-state index in [1.165, 1.54) is 18.2 Å². The van der Waals surface area contributed by atoms with Crippen LogP contribution in [0.25, 0.3) is 11.0 Å². The number of halogens is 3. The number of carbonyl (C=O) groups excluding carboxylic acids is 2. The maximum absolute atomic E-state index is 13.4. The number of benzene rings is 3. The second-order valence-corrected chi connectivity index (χ2v) is 8.31. The van der Waals surface area contributed by atoms with Crippen LogP contribution in [-0.4, -0.2) is 27.9 Å². The predicted molar refractivity (Wildman–Crippen MR) is 126 cm³/mol. The lowest BCUT2D eigenvalue weighted by atomic mass is 10.1. The van der Waals surface area contributed by atoms with Crippen molar-refractivity contribution in [3.8, 4) is 0 Å². The van der Waals surface area contributed by atoms with E-state index < -0.39 is 23.7 Å². The molecule has 2 amide bonds. The standard InChI is InChI=1S/C26H21F3N4O2/c27-26(28,29)18-10-4-5-11-19(18)30-23(34)16-22-24(35)32(15-14-17-8-2-1-3-9-17)25-31-20-12-6-7-13-21(20)33(22)25/h1-13,22H,14-16H2,(H,30,34)/t22-/m0/s1. The summed E-state index contributed by atoms with van der Waals surface area (Å²) >= 11 is 0. The van der Waals surface area contributed by atoms with Gasteiger partial charge >= 0.3 is 6.18 Å². The number of rotatable bonds is 6. The van der Waals surface area contributed by atoms with Crippen molar-refractivity contribution in [3.05, 3.63) is 90.0 Å². The normalized spacial score (nSPS) is 15.5. The predicted octanol–water partition coefficient (Wildman–Crippen LogP) is 5.21. The molecule has 5 rings (SSSR count). The van der Waals surface area contributed by atoms with Gasteiger partial charge in [0, 0.05) is 6.54 Å². The van der Waals surface area contributed by atoms with Gasteiger partial charge in [0.05, 0.1) is 28.7 Å². The molecule has 1 aliphatic heterocycles. The average molecular weight is 478 g/mol. The molecule has 0 aliphatic carbocycles. The van der Waals surface area contributed by atoms with Gasteiger partial charge in [-0.15, -0.1) is 0 Å². The molecule has 9 heteroatoms. The highest BCUT2D eigenvalue weighted by molar-refractivity contribution is 6.05. The number of anilines is 2. The average Bonchev–Trinajstić information content (AvgIpc) is 3.32. The highest BCUT2D eigenvalue weighted by Crippen LogP contribution is 2.38. The number of imidazole rings is 1. The van der Waals surface area contributed by atoms with Crippen molar-refractivity contribution < 1.29 is 22.8 Å². The Hall–Kier alpha value is -4.14. The summed E-state index contributed by atoms with van der Waals surface area (Å²) < 4.78 is 41.7. The monoisotopic (exact) mass is 478 g/mol. The third-order valence-electron chi connectivity index (χ3n) is 6.03. The number of hydrogen-bond donors (Lipinski definition) is 1. The Morgan fingerprint density at radius 3 is 2.40 bits per heavy atom. The first-order chi connectivity index (χ1) is 16.8. The van der Waals surface area contributed by atoms with Gasteiger partial charge < -0.3 is 5.32 Å². The van der Waals surface area contributed by atoms with Gasteiger partial charge in [0.25, 0.3) is 5.91 Å². The van der Waals surface area contributed by atoms with Gasteiger partial charge in [-0.3, -0.25) is 19.1 Å². The first-order valence-corrected chi connectivity index (χ1v) is 11.1. The molecule has 3 aromatic carbocycles. The van der Waals surface area contributed by atoms with Crippen LogP contribution in [0.4, 0.5) is 24.8 Å². The number of hydrogen-bond acceptors (Lipinski definition) is 3. The van der Waals surface area contributed by atoms with Crippen LogP contribution < -0.4 is 10.2 Å². The fourth-order valence-corrected chi connectivity index (χ4v) is 4.41. The van der Waals surface area contributed by atoms with Crippen LogP contribution in [0.15, 0.2) is 78.9 Å². The Labute approximate surface area is 199 Å². The maximum Gasteiger partial charge on any atom is 0.418 e. The molecule has 6 nitrogen and oxygen atoms in total. The second kappa shape index (κ2) is 8.90. The van der Waals surface area contributed by atoms with E-state index in [1.807, 2.05) is 54.6 Å². The fourth-order valence-electron chi connectivity index (χ4n) is 4.41. The van der Waals surface area contributed by atoms with Gasteiger partial charge in [0.1, 0.15) is 6.04 Å². The van der Waals surface area contributed by atoms with Crippen molar-refractivity contribution in [1.82, 2.24) is 9.55 Å². The molecule has 1 aliphatic rings. The van der Waals surface area contributed by atoms with Gasteiger partial charge in [0.2, 0.25) is 11.9 Å². The van der Waals surface area contributed by atoms with Crippen LogP contribution in [0.3, 0.4) is 0 Å². The number of para-hydroxylation sites is 3. The second-order valence-electron chi connectivity index (χ2n) is 8.31. The van der Waals surface area contributed by atoms with E-state index in [9.17, 15) is 22.8 Å². The highest BCUT2D eigenvalue weighted by Gasteiger charge is 2.41. The number of nitrogens with one attached hydrogen (secondary N) is 1. The molecule has 0 saturated carbocycles. The summed E-state index contributed by atoms with van der Waals surface area (Å²) in [6, 6.07) is 20.8. The smallest absolute Gasteiger partial charge is 0.325 e. The Balaban J connectivity index is 1.42. The fraction of sp³-hybridized carbons (Fsp3) is 0.192. The highest BCUT2D eigenvalue weighted by atomic mass is 19.4. The minimum atomic E-state index is -4.62. The largest absolute Gasteiger partial charge is 0.418 e. The van der Waals surface area contributed by atoms with E-state index >= 15 is 0 Å². The van der Waals surface area contributed by atoms with E-state index in [2.05, 4.69) is 10.3 Å². The van der Waals surface area contributed by atoms with Crippen molar-refractivity contribution in [1.29, 1.82) is 0 Å². The number of nitrogens with zero attached hydrogens (tertiary/aromatic N) is 3. The van der Waals surface area contributed by atoms with Crippen LogP contribution in [-0.2, 0) is 22.2 Å². The Morgan fingerprint density at radius 1 is 0.943 bits per heavy atom. The summed E-state index contributed by atoms with van der Waals surface area (Å²) in [4.78, 5) is 32.4. The van der Waals surface area contributed by atoms with E-state index in [1.54, 1.807) is 9.47 Å². The SMILES string of the molecule is O=C(C[C@H]1C(=O)N(CCc2ccccc2)c2nc3ccccc3n21)Nc1ccccc1C(F)(F)F. The lowest BCUT2D eigenvalue weighted by Crippen LogP contribution is -2.33. The van der Waals surface area contributed by atoms with Crippen LogP contribution in [0, 0.1) is 0 Å². The third kappa shape index (κ3) is 4.37. The van der Waals surface area contributed by atoms with Crippen LogP contribution >= 0.6 is 0 Å². The van der Waals surface area contributed by atoms with Crippen LogP contribution in [0.5, 0.6) is 0 Å². The molecule has 0 unspecified atom stereocenters. The first-order valence-electron chi connectivity index (χ1n) is 11.1. The summed E-state index contributed by atoms with van der Waals surface area (Å²) in [6.45, 7) is 0.362. The molecule has 35 heavy (non-hydrogen) atoms. The molecule has 0 bridgehead atoms. The van der Waals surface area contributed by atoms with Crippen molar-refractivity contribution in [3.63, 3.8) is 0 Å². The van der Waals surface area contributed by atoms with Gasteiger partial charge in [-0.1, -0.05) is 54.6 Å². The molecule has 1 N–H and O–H groups in total. The van der Waals surface area contributed by atoms with E-state index in [0.717, 1.165) is 11.6 Å². The van der Waals surface area contributed by atoms with Crippen molar-refractivity contribution in [2.24, 2.45) is 0 Å². The molecule has 0 saturated heterocycles. The topological polar surface area (TPSA) is 67.2 Å². The molecule has 4 aromatic rings. The number of carbonyl (C=O) groups is 2. The lowest BCUT2D eigenvalue weighted by molar-refractivity contribution is -0.137. The zero-order valence-electron chi connectivity index (χ0n) is 18.5. The van der Waals surface area contributed by atoms with Crippen LogP contribution in [0.1, 0.15) is 23.6 Å². The van der Waals surface area contributed by atoms with Crippen molar-refractivity contribution in [2.45, 2.75) is 25.1 Å². The minimum absolute atomic E-state index is 0.312. The summed E-state index contributed by atoms with van der Waals surface area (Å²) in [7, 11) is 0. The lowest BCUT2D eigenvalue weighted by Gasteiger charge is -2.17. The minimum Gasteiger partial charge on any atom is -0.325 e. The summed E-state index contributed by atoms with van der Waals surface area (Å²) in [5.41, 5.74) is 1.13. The van der Waals surface area contributed by atoms with Gasteiger partial charge in [0.15, 0.2) is 0 Å². The zero-order valence-corrected chi connectivity index (χ0v) is 18.5. The van der Waals surface area contributed by atoms with Crippen LogP contribution in [0.2, 0.25) is 0 Å². The maximum atomic E-state index is 13.4. The summed E-state index contributed by atoms with van der Waals surface area (Å²) in [5.74, 6) is -0.567.